The molecule has 0 amide bonds. The zero-order valence-electron chi connectivity index (χ0n) is 16.2. The molecule has 4 aromatic rings. The van der Waals surface area contributed by atoms with Crippen LogP contribution < -0.4 is 5.32 Å². The Morgan fingerprint density at radius 3 is 2.57 bits per heavy atom. The Kier molecular flexibility index (Phi) is 5.65. The second-order valence-corrected chi connectivity index (χ2v) is 8.06. The van der Waals surface area contributed by atoms with Gasteiger partial charge in [0.1, 0.15) is 5.82 Å². The molecule has 4 nitrogen and oxygen atoms in total. The van der Waals surface area contributed by atoms with Crippen LogP contribution in [0.4, 0.5) is 5.82 Å². The van der Waals surface area contributed by atoms with Gasteiger partial charge in [-0.2, -0.15) is 0 Å². The van der Waals surface area contributed by atoms with Crippen LogP contribution >= 0.6 is 11.3 Å². The maximum atomic E-state index is 4.81. The van der Waals surface area contributed by atoms with Crippen LogP contribution in [0, 0.1) is 0 Å². The van der Waals surface area contributed by atoms with E-state index in [-0.39, 0.29) is 0 Å². The molecule has 0 aliphatic rings. The molecule has 0 unspecified atom stereocenters. The zero-order chi connectivity index (χ0) is 19.3. The molecule has 0 atom stereocenters. The molecule has 0 saturated heterocycles. The lowest BCUT2D eigenvalue weighted by molar-refractivity contribution is 0.405. The Balaban J connectivity index is 1.72. The highest BCUT2D eigenvalue weighted by molar-refractivity contribution is 7.10. The fraction of sp³-hybridized carbons (Fsp3) is 0.217. The summed E-state index contributed by atoms with van der Waals surface area (Å²) in [4.78, 5) is 13.0. The number of aromatic nitrogens is 2. The molecule has 0 aliphatic heterocycles. The quantitative estimate of drug-likeness (QED) is 0.341. The molecule has 1 N–H and O–H groups in total. The summed E-state index contributed by atoms with van der Waals surface area (Å²) in [7, 11) is 4.19. The fourth-order valence-electron chi connectivity index (χ4n) is 3.19. The number of nitrogens with one attached hydrogen (secondary N) is 1. The van der Waals surface area contributed by atoms with Gasteiger partial charge in [-0.25, -0.2) is 9.97 Å². The first-order chi connectivity index (χ1) is 13.7. The van der Waals surface area contributed by atoms with Crippen molar-refractivity contribution in [2.45, 2.75) is 6.42 Å². The van der Waals surface area contributed by atoms with Gasteiger partial charge in [0.05, 0.1) is 5.52 Å². The number of anilines is 1. The van der Waals surface area contributed by atoms with Crippen molar-refractivity contribution in [2.75, 3.05) is 32.5 Å². The molecule has 2 aromatic heterocycles. The van der Waals surface area contributed by atoms with E-state index in [1.165, 1.54) is 15.6 Å². The van der Waals surface area contributed by atoms with Gasteiger partial charge >= 0.3 is 0 Å². The molecule has 0 radical (unpaired) electrons. The summed E-state index contributed by atoms with van der Waals surface area (Å²) in [6.45, 7) is 1.93. The molecule has 28 heavy (non-hydrogen) atoms. The minimum atomic E-state index is 0.728. The van der Waals surface area contributed by atoms with Crippen molar-refractivity contribution in [3.05, 3.63) is 64.6 Å². The van der Waals surface area contributed by atoms with Crippen molar-refractivity contribution in [3.63, 3.8) is 0 Å². The van der Waals surface area contributed by atoms with Gasteiger partial charge in [-0.1, -0.05) is 30.3 Å². The molecule has 0 aliphatic carbocycles. The third-order valence-electron chi connectivity index (χ3n) is 4.59. The second kappa shape index (κ2) is 8.50. The van der Waals surface area contributed by atoms with Gasteiger partial charge in [0.15, 0.2) is 5.82 Å². The number of thiophene rings is 1. The summed E-state index contributed by atoms with van der Waals surface area (Å²) in [5.41, 5.74) is 0.967. The summed E-state index contributed by atoms with van der Waals surface area (Å²) >= 11 is 1.71. The predicted octanol–water partition coefficient (Wildman–Crippen LogP) is 5.38. The van der Waals surface area contributed by atoms with Crippen LogP contribution in [0.2, 0.25) is 0 Å². The number of benzene rings is 2. The van der Waals surface area contributed by atoms with Gasteiger partial charge in [0.25, 0.3) is 0 Å². The average molecular weight is 389 g/mol. The normalized spacial score (nSPS) is 11.8. The van der Waals surface area contributed by atoms with Gasteiger partial charge in [-0.05, 0) is 73.6 Å². The minimum absolute atomic E-state index is 0.728. The van der Waals surface area contributed by atoms with Crippen LogP contribution in [-0.4, -0.2) is 42.1 Å². The van der Waals surface area contributed by atoms with Crippen molar-refractivity contribution in [1.82, 2.24) is 14.9 Å². The van der Waals surface area contributed by atoms with E-state index in [2.05, 4.69) is 84.3 Å². The number of hydrogen-bond acceptors (Lipinski definition) is 5. The summed E-state index contributed by atoms with van der Waals surface area (Å²) in [5.74, 6) is 1.63. The average Bonchev–Trinajstić information content (AvgIpc) is 3.21. The van der Waals surface area contributed by atoms with E-state index in [1.807, 2.05) is 6.08 Å². The third-order valence-corrected chi connectivity index (χ3v) is 5.43. The van der Waals surface area contributed by atoms with Crippen LogP contribution in [0.1, 0.15) is 17.1 Å². The minimum Gasteiger partial charge on any atom is -0.369 e. The number of fused-ring (bicyclic) bond motifs is 2. The molecule has 4 rings (SSSR count). The molecule has 142 valence electrons. The molecular formula is C23H24N4S. The van der Waals surface area contributed by atoms with Crippen LogP contribution in [0.15, 0.2) is 53.9 Å². The van der Waals surface area contributed by atoms with E-state index in [1.54, 1.807) is 11.3 Å². The summed E-state index contributed by atoms with van der Waals surface area (Å²) in [6, 6.07) is 16.9. The Hall–Kier alpha value is -2.76. The SMILES string of the molecule is CN(C)CCCNc1nc(/C=C/c2cccs2)nc2cc3ccccc3cc12. The smallest absolute Gasteiger partial charge is 0.155 e. The molecule has 0 saturated carbocycles. The van der Waals surface area contributed by atoms with Crippen molar-refractivity contribution in [2.24, 2.45) is 0 Å². The second-order valence-electron chi connectivity index (χ2n) is 7.08. The molecule has 0 bridgehead atoms. The number of rotatable bonds is 7. The van der Waals surface area contributed by atoms with Crippen LogP contribution in [-0.2, 0) is 0 Å². The molecule has 2 aromatic carbocycles. The predicted molar refractivity (Wildman–Crippen MR) is 122 cm³/mol. The van der Waals surface area contributed by atoms with Gasteiger partial charge in [0.2, 0.25) is 0 Å². The van der Waals surface area contributed by atoms with Gasteiger partial charge < -0.3 is 10.2 Å². The number of hydrogen-bond donors (Lipinski definition) is 1. The standard InChI is InChI=1S/C23H24N4S/c1-27(2)13-6-12-24-23-20-15-17-7-3-4-8-18(17)16-21(20)25-22(26-23)11-10-19-9-5-14-28-19/h3-5,7-11,14-16H,6,12-13H2,1-2H3,(H,24,25,26)/b11-10+. The highest BCUT2D eigenvalue weighted by Gasteiger charge is 2.08. The van der Waals surface area contributed by atoms with Crippen molar-refractivity contribution in [1.29, 1.82) is 0 Å². The van der Waals surface area contributed by atoms with Crippen LogP contribution in [0.25, 0.3) is 33.8 Å². The lowest BCUT2D eigenvalue weighted by Gasteiger charge is -2.13. The molecule has 5 heteroatoms. The van der Waals surface area contributed by atoms with E-state index in [4.69, 9.17) is 9.97 Å². The maximum absolute atomic E-state index is 4.81. The lowest BCUT2D eigenvalue weighted by Crippen LogP contribution is -2.17. The van der Waals surface area contributed by atoms with Crippen molar-refractivity contribution in [3.8, 4) is 0 Å². The Morgan fingerprint density at radius 1 is 1.00 bits per heavy atom. The first-order valence-corrected chi connectivity index (χ1v) is 10.4. The lowest BCUT2D eigenvalue weighted by atomic mass is 10.1. The summed E-state index contributed by atoms with van der Waals surface area (Å²) in [5, 5.41) is 9.07. The monoisotopic (exact) mass is 388 g/mol. The Morgan fingerprint density at radius 2 is 1.82 bits per heavy atom. The van der Waals surface area contributed by atoms with E-state index < -0.39 is 0 Å². The number of nitrogens with zero attached hydrogens (tertiary/aromatic N) is 3. The third kappa shape index (κ3) is 4.38. The fourth-order valence-corrected chi connectivity index (χ4v) is 3.81. The van der Waals surface area contributed by atoms with Crippen LogP contribution in [0.5, 0.6) is 0 Å². The van der Waals surface area contributed by atoms with E-state index >= 15 is 0 Å². The summed E-state index contributed by atoms with van der Waals surface area (Å²) < 4.78 is 0. The molecule has 0 spiro atoms. The Bertz CT molecular complexity index is 1100. The first kappa shape index (κ1) is 18.6. The van der Waals surface area contributed by atoms with Crippen LogP contribution in [0.3, 0.4) is 0 Å². The molecular weight excluding hydrogens is 364 g/mol. The van der Waals surface area contributed by atoms with E-state index in [0.717, 1.165) is 42.1 Å². The largest absolute Gasteiger partial charge is 0.369 e. The zero-order valence-corrected chi connectivity index (χ0v) is 17.0. The highest BCUT2D eigenvalue weighted by Crippen LogP contribution is 2.27. The van der Waals surface area contributed by atoms with Gasteiger partial charge in [0, 0.05) is 16.8 Å². The topological polar surface area (TPSA) is 41.0 Å². The molecule has 0 fully saturated rings. The summed E-state index contributed by atoms with van der Waals surface area (Å²) in [6.07, 6.45) is 5.13. The Labute approximate surface area is 169 Å². The molecule has 2 heterocycles. The highest BCUT2D eigenvalue weighted by atomic mass is 32.1. The maximum Gasteiger partial charge on any atom is 0.155 e. The van der Waals surface area contributed by atoms with Crippen molar-refractivity contribution < 1.29 is 0 Å². The van der Waals surface area contributed by atoms with Gasteiger partial charge in [-0.15, -0.1) is 11.3 Å². The van der Waals surface area contributed by atoms with E-state index in [9.17, 15) is 0 Å². The van der Waals surface area contributed by atoms with E-state index in [0.29, 0.717) is 0 Å². The van der Waals surface area contributed by atoms with Crippen molar-refractivity contribution >= 4 is 51.0 Å². The van der Waals surface area contributed by atoms with Gasteiger partial charge in [-0.3, -0.25) is 0 Å². The first-order valence-electron chi connectivity index (χ1n) is 9.50.